The summed E-state index contributed by atoms with van der Waals surface area (Å²) in [6, 6.07) is 0. The molecule has 0 radical (unpaired) electrons. The molecule has 0 spiro atoms. The Morgan fingerprint density at radius 3 is 3.00 bits per heavy atom. The Morgan fingerprint density at radius 1 is 1.58 bits per heavy atom. The number of aromatic nitrogens is 2. The molecule has 1 saturated heterocycles. The van der Waals surface area contributed by atoms with Crippen LogP contribution >= 0.6 is 0 Å². The van der Waals surface area contributed by atoms with E-state index in [9.17, 15) is 14.4 Å². The SMILES string of the molecule is NC(=O)Cn1cc(NC(=O)C2CCC(=O)NC2)cn1. The van der Waals surface area contributed by atoms with Gasteiger partial charge in [-0.2, -0.15) is 5.10 Å². The Kier molecular flexibility index (Phi) is 3.79. The molecule has 1 aromatic rings. The minimum absolute atomic E-state index is 0.0293. The van der Waals surface area contributed by atoms with Gasteiger partial charge in [0.25, 0.3) is 0 Å². The Morgan fingerprint density at radius 2 is 2.37 bits per heavy atom. The molecule has 1 atom stereocenters. The number of anilines is 1. The molecule has 1 fully saturated rings. The van der Waals surface area contributed by atoms with Crippen molar-refractivity contribution in [3.63, 3.8) is 0 Å². The van der Waals surface area contributed by atoms with E-state index in [-0.39, 0.29) is 24.3 Å². The monoisotopic (exact) mass is 265 g/mol. The average Bonchev–Trinajstić information content (AvgIpc) is 2.76. The van der Waals surface area contributed by atoms with Crippen LogP contribution in [0.2, 0.25) is 0 Å². The Balaban J connectivity index is 1.89. The van der Waals surface area contributed by atoms with Crippen LogP contribution in [0.5, 0.6) is 0 Å². The van der Waals surface area contributed by atoms with E-state index in [1.54, 1.807) is 0 Å². The summed E-state index contributed by atoms with van der Waals surface area (Å²) in [5.41, 5.74) is 5.54. The summed E-state index contributed by atoms with van der Waals surface area (Å²) >= 11 is 0. The van der Waals surface area contributed by atoms with Gasteiger partial charge in [-0.05, 0) is 6.42 Å². The highest BCUT2D eigenvalue weighted by atomic mass is 16.2. The van der Waals surface area contributed by atoms with Crippen LogP contribution in [0.15, 0.2) is 12.4 Å². The molecule has 4 N–H and O–H groups in total. The van der Waals surface area contributed by atoms with Crippen molar-refractivity contribution in [1.82, 2.24) is 15.1 Å². The number of hydrogen-bond donors (Lipinski definition) is 3. The predicted molar refractivity (Wildman–Crippen MR) is 65.8 cm³/mol. The molecule has 8 heteroatoms. The van der Waals surface area contributed by atoms with Crippen LogP contribution in [0.25, 0.3) is 0 Å². The first-order chi connectivity index (χ1) is 9.04. The molecule has 102 valence electrons. The van der Waals surface area contributed by atoms with Gasteiger partial charge in [0.15, 0.2) is 0 Å². The van der Waals surface area contributed by atoms with Crippen LogP contribution in [0.3, 0.4) is 0 Å². The molecule has 2 rings (SSSR count). The first-order valence-electron chi connectivity index (χ1n) is 5.93. The maximum absolute atomic E-state index is 11.9. The van der Waals surface area contributed by atoms with E-state index in [1.807, 2.05) is 0 Å². The number of primary amides is 1. The van der Waals surface area contributed by atoms with Crippen LogP contribution < -0.4 is 16.4 Å². The number of amides is 3. The van der Waals surface area contributed by atoms with E-state index in [0.717, 1.165) is 0 Å². The van der Waals surface area contributed by atoms with E-state index in [4.69, 9.17) is 5.73 Å². The van der Waals surface area contributed by atoms with E-state index in [1.165, 1.54) is 17.1 Å². The molecule has 1 aliphatic heterocycles. The number of nitrogens with one attached hydrogen (secondary N) is 2. The third-order valence-corrected chi connectivity index (χ3v) is 2.85. The molecule has 8 nitrogen and oxygen atoms in total. The number of nitrogens with two attached hydrogens (primary N) is 1. The standard InChI is InChI=1S/C11H15N5O3/c12-9(17)6-16-5-8(4-14-16)15-11(19)7-1-2-10(18)13-3-7/h4-5,7H,1-3,6H2,(H2,12,17)(H,13,18)(H,15,19). The van der Waals surface area contributed by atoms with Crippen molar-refractivity contribution in [3.8, 4) is 0 Å². The molecule has 1 aliphatic rings. The maximum atomic E-state index is 11.9. The second-order valence-corrected chi connectivity index (χ2v) is 4.42. The van der Waals surface area contributed by atoms with Crippen LogP contribution in [0.1, 0.15) is 12.8 Å². The number of piperidine rings is 1. The quantitative estimate of drug-likeness (QED) is 0.635. The predicted octanol–water partition coefficient (Wildman–Crippen LogP) is -1.17. The number of hydrogen-bond acceptors (Lipinski definition) is 4. The highest BCUT2D eigenvalue weighted by Crippen LogP contribution is 2.14. The lowest BCUT2D eigenvalue weighted by atomic mass is 9.98. The van der Waals surface area contributed by atoms with E-state index in [0.29, 0.717) is 25.1 Å². The molecular formula is C11H15N5O3. The fourth-order valence-electron chi connectivity index (χ4n) is 1.88. The van der Waals surface area contributed by atoms with E-state index >= 15 is 0 Å². The largest absolute Gasteiger partial charge is 0.368 e. The normalized spacial score (nSPS) is 18.7. The van der Waals surface area contributed by atoms with Gasteiger partial charge in [-0.3, -0.25) is 19.1 Å². The first-order valence-corrected chi connectivity index (χ1v) is 5.93. The lowest BCUT2D eigenvalue weighted by Crippen LogP contribution is -2.40. The second kappa shape index (κ2) is 5.51. The summed E-state index contributed by atoms with van der Waals surface area (Å²) in [4.78, 5) is 33.6. The zero-order valence-corrected chi connectivity index (χ0v) is 10.3. The lowest BCUT2D eigenvalue weighted by molar-refractivity contribution is -0.126. The zero-order valence-electron chi connectivity index (χ0n) is 10.3. The second-order valence-electron chi connectivity index (χ2n) is 4.42. The highest BCUT2D eigenvalue weighted by molar-refractivity contribution is 5.93. The van der Waals surface area contributed by atoms with Gasteiger partial charge in [0.1, 0.15) is 6.54 Å². The third kappa shape index (κ3) is 3.54. The molecular weight excluding hydrogens is 250 g/mol. The maximum Gasteiger partial charge on any atom is 0.239 e. The summed E-state index contributed by atoms with van der Waals surface area (Å²) < 4.78 is 1.35. The molecule has 3 amide bonds. The van der Waals surface area contributed by atoms with Crippen molar-refractivity contribution in [1.29, 1.82) is 0 Å². The van der Waals surface area contributed by atoms with Crippen molar-refractivity contribution < 1.29 is 14.4 Å². The third-order valence-electron chi connectivity index (χ3n) is 2.85. The Bertz CT molecular complexity index is 500. The summed E-state index contributed by atoms with van der Waals surface area (Å²) in [5, 5.41) is 9.24. The van der Waals surface area contributed by atoms with Crippen molar-refractivity contribution in [3.05, 3.63) is 12.4 Å². The summed E-state index contributed by atoms with van der Waals surface area (Å²) in [6.45, 7) is 0.315. The number of nitrogens with zero attached hydrogens (tertiary/aromatic N) is 2. The molecule has 0 bridgehead atoms. The molecule has 0 saturated carbocycles. The van der Waals surface area contributed by atoms with Gasteiger partial charge in [0.2, 0.25) is 17.7 Å². The van der Waals surface area contributed by atoms with Crippen molar-refractivity contribution in [2.45, 2.75) is 19.4 Å². The van der Waals surface area contributed by atoms with Crippen molar-refractivity contribution in [2.24, 2.45) is 11.7 Å². The topological polar surface area (TPSA) is 119 Å². The minimum atomic E-state index is -0.504. The van der Waals surface area contributed by atoms with Gasteiger partial charge in [-0.1, -0.05) is 0 Å². The van der Waals surface area contributed by atoms with Gasteiger partial charge in [-0.25, -0.2) is 0 Å². The lowest BCUT2D eigenvalue weighted by Gasteiger charge is -2.21. The van der Waals surface area contributed by atoms with Gasteiger partial charge >= 0.3 is 0 Å². The Labute approximate surface area is 109 Å². The Hall–Kier alpha value is -2.38. The van der Waals surface area contributed by atoms with Gasteiger partial charge in [-0.15, -0.1) is 0 Å². The van der Waals surface area contributed by atoms with Gasteiger partial charge in [0.05, 0.1) is 17.8 Å². The molecule has 19 heavy (non-hydrogen) atoms. The van der Waals surface area contributed by atoms with Crippen molar-refractivity contribution >= 4 is 23.4 Å². The van der Waals surface area contributed by atoms with E-state index < -0.39 is 5.91 Å². The van der Waals surface area contributed by atoms with E-state index in [2.05, 4.69) is 15.7 Å². The van der Waals surface area contributed by atoms with Crippen LogP contribution in [-0.2, 0) is 20.9 Å². The summed E-state index contributed by atoms with van der Waals surface area (Å²) in [5.74, 6) is -0.940. The van der Waals surface area contributed by atoms with Gasteiger partial charge < -0.3 is 16.4 Å². The van der Waals surface area contributed by atoms with Crippen LogP contribution in [-0.4, -0.2) is 34.0 Å². The number of carbonyl (C=O) groups excluding carboxylic acids is 3. The first kappa shape index (κ1) is 13.1. The smallest absolute Gasteiger partial charge is 0.239 e. The minimum Gasteiger partial charge on any atom is -0.368 e. The van der Waals surface area contributed by atoms with Crippen LogP contribution in [0, 0.1) is 5.92 Å². The average molecular weight is 265 g/mol. The summed E-state index contributed by atoms with van der Waals surface area (Å²) in [6.07, 6.45) is 3.87. The molecule has 1 unspecified atom stereocenters. The van der Waals surface area contributed by atoms with Crippen LogP contribution in [0.4, 0.5) is 5.69 Å². The molecule has 1 aromatic heterocycles. The molecule has 0 aliphatic carbocycles. The van der Waals surface area contributed by atoms with Gasteiger partial charge in [0, 0.05) is 19.2 Å². The fourth-order valence-corrected chi connectivity index (χ4v) is 1.88. The highest BCUT2D eigenvalue weighted by Gasteiger charge is 2.24. The number of rotatable bonds is 4. The van der Waals surface area contributed by atoms with Crippen molar-refractivity contribution in [2.75, 3.05) is 11.9 Å². The zero-order chi connectivity index (χ0) is 13.8. The summed E-state index contributed by atoms with van der Waals surface area (Å²) in [7, 11) is 0. The molecule has 0 aromatic carbocycles. The molecule has 2 heterocycles. The fraction of sp³-hybridized carbons (Fsp3) is 0.455. The number of carbonyl (C=O) groups is 3.